The van der Waals surface area contributed by atoms with Crippen LogP contribution in [0.4, 0.5) is 0 Å². The zero-order chi connectivity index (χ0) is 15.8. The zero-order valence-electron chi connectivity index (χ0n) is 12.0. The van der Waals surface area contributed by atoms with Crippen LogP contribution in [0.25, 0.3) is 22.4 Å². The molecule has 5 nitrogen and oxygen atoms in total. The molecule has 4 rings (SSSR count). The summed E-state index contributed by atoms with van der Waals surface area (Å²) >= 11 is 5.62. The van der Waals surface area contributed by atoms with E-state index < -0.39 is 0 Å². The number of H-pyrrole nitrogens is 1. The second-order valence-electron chi connectivity index (χ2n) is 5.06. The number of rotatable bonds is 2. The third kappa shape index (κ3) is 2.11. The summed E-state index contributed by atoms with van der Waals surface area (Å²) in [6, 6.07) is 19.0. The molecule has 0 saturated carbocycles. The molecule has 0 atom stereocenters. The summed E-state index contributed by atoms with van der Waals surface area (Å²) in [7, 11) is 0. The molecule has 0 radical (unpaired) electrons. The number of hydrogen-bond donors (Lipinski definition) is 1. The lowest BCUT2D eigenvalue weighted by molar-refractivity contribution is 0.865. The first kappa shape index (κ1) is 13.7. The quantitative estimate of drug-likeness (QED) is 0.577. The van der Waals surface area contributed by atoms with Crippen LogP contribution in [-0.4, -0.2) is 19.3 Å². The SMILES string of the molecule is O=c1c2cn[nH]c2n(-c2ccccc2)c(=S)n1-c1ccccc1. The van der Waals surface area contributed by atoms with Crippen LogP contribution in [0.1, 0.15) is 0 Å². The van der Waals surface area contributed by atoms with E-state index in [0.717, 1.165) is 11.4 Å². The number of aromatic nitrogens is 4. The van der Waals surface area contributed by atoms with Gasteiger partial charge in [-0.15, -0.1) is 0 Å². The molecular formula is C17H12N4OS. The molecule has 2 heterocycles. The van der Waals surface area contributed by atoms with Crippen molar-refractivity contribution in [1.82, 2.24) is 19.3 Å². The Hall–Kier alpha value is -2.99. The monoisotopic (exact) mass is 320 g/mol. The van der Waals surface area contributed by atoms with E-state index >= 15 is 0 Å². The molecule has 2 aromatic carbocycles. The highest BCUT2D eigenvalue weighted by atomic mass is 32.1. The fraction of sp³-hybridized carbons (Fsp3) is 0. The molecule has 0 fully saturated rings. The lowest BCUT2D eigenvalue weighted by Gasteiger charge is -2.13. The summed E-state index contributed by atoms with van der Waals surface area (Å²) in [6.07, 6.45) is 1.53. The van der Waals surface area contributed by atoms with Crippen LogP contribution in [-0.2, 0) is 0 Å². The largest absolute Gasteiger partial charge is 0.270 e. The molecule has 0 unspecified atom stereocenters. The highest BCUT2D eigenvalue weighted by Crippen LogP contribution is 2.17. The number of fused-ring (bicyclic) bond motifs is 1. The topological polar surface area (TPSA) is 55.6 Å². The Bertz CT molecular complexity index is 1090. The molecule has 1 N–H and O–H groups in total. The van der Waals surface area contributed by atoms with Gasteiger partial charge in [-0.25, -0.2) is 0 Å². The molecule has 0 aliphatic carbocycles. The van der Waals surface area contributed by atoms with Crippen molar-refractivity contribution in [2.45, 2.75) is 0 Å². The first-order chi connectivity index (χ1) is 11.3. The van der Waals surface area contributed by atoms with E-state index in [4.69, 9.17) is 12.2 Å². The molecule has 0 amide bonds. The van der Waals surface area contributed by atoms with Gasteiger partial charge in [0.1, 0.15) is 11.0 Å². The average Bonchev–Trinajstić information content (AvgIpc) is 3.07. The van der Waals surface area contributed by atoms with E-state index in [-0.39, 0.29) is 5.56 Å². The van der Waals surface area contributed by atoms with Crippen molar-refractivity contribution in [2.75, 3.05) is 0 Å². The van der Waals surface area contributed by atoms with Gasteiger partial charge in [0, 0.05) is 5.69 Å². The zero-order valence-corrected chi connectivity index (χ0v) is 12.8. The van der Waals surface area contributed by atoms with Gasteiger partial charge in [-0.2, -0.15) is 5.10 Å². The second-order valence-corrected chi connectivity index (χ2v) is 5.43. The van der Waals surface area contributed by atoms with Crippen molar-refractivity contribution >= 4 is 23.3 Å². The van der Waals surface area contributed by atoms with Gasteiger partial charge in [0.2, 0.25) is 0 Å². The smallest absolute Gasteiger partial charge is 0.270 e. The van der Waals surface area contributed by atoms with Crippen molar-refractivity contribution in [3.05, 3.63) is 82.0 Å². The summed E-state index contributed by atoms with van der Waals surface area (Å²) in [6.45, 7) is 0. The Kier molecular flexibility index (Phi) is 3.17. The van der Waals surface area contributed by atoms with Gasteiger partial charge < -0.3 is 0 Å². The standard InChI is InChI=1S/C17H12N4OS/c22-16-14-11-18-19-15(14)20(12-7-3-1-4-8-12)17(23)21(16)13-9-5-2-6-10-13/h1-11H,(H,18,19). The van der Waals surface area contributed by atoms with Crippen LogP contribution in [0.2, 0.25) is 0 Å². The Balaban J connectivity index is 2.18. The minimum absolute atomic E-state index is 0.183. The second kappa shape index (κ2) is 5.33. The van der Waals surface area contributed by atoms with Gasteiger partial charge in [0.05, 0.1) is 11.9 Å². The maximum absolute atomic E-state index is 12.8. The molecule has 0 saturated heterocycles. The molecule has 2 aromatic heterocycles. The van der Waals surface area contributed by atoms with Crippen molar-refractivity contribution in [1.29, 1.82) is 0 Å². The molecular weight excluding hydrogens is 308 g/mol. The Morgan fingerprint density at radius 1 is 0.870 bits per heavy atom. The van der Waals surface area contributed by atoms with Gasteiger partial charge in [0.25, 0.3) is 5.56 Å². The van der Waals surface area contributed by atoms with Gasteiger partial charge in [-0.1, -0.05) is 36.4 Å². The van der Waals surface area contributed by atoms with E-state index in [2.05, 4.69) is 10.2 Å². The molecule has 0 aliphatic rings. The van der Waals surface area contributed by atoms with Crippen LogP contribution in [0, 0.1) is 4.77 Å². The number of hydrogen-bond acceptors (Lipinski definition) is 3. The molecule has 112 valence electrons. The fourth-order valence-electron chi connectivity index (χ4n) is 2.63. The van der Waals surface area contributed by atoms with Crippen molar-refractivity contribution in [3.8, 4) is 11.4 Å². The number of nitrogens with zero attached hydrogens (tertiary/aromatic N) is 3. The lowest BCUT2D eigenvalue weighted by atomic mass is 10.3. The molecule has 4 aromatic rings. The van der Waals surface area contributed by atoms with E-state index in [1.807, 2.05) is 65.2 Å². The third-order valence-corrected chi connectivity index (χ3v) is 4.05. The fourth-order valence-corrected chi connectivity index (χ4v) is 3.02. The summed E-state index contributed by atoms with van der Waals surface area (Å²) in [5.74, 6) is 0. The minimum Gasteiger partial charge on any atom is -0.270 e. The Morgan fingerprint density at radius 3 is 2.04 bits per heavy atom. The number of aromatic amines is 1. The highest BCUT2D eigenvalue weighted by molar-refractivity contribution is 7.71. The molecule has 0 spiro atoms. The summed E-state index contributed by atoms with van der Waals surface area (Å²) in [4.78, 5) is 12.8. The molecule has 6 heteroatoms. The summed E-state index contributed by atoms with van der Waals surface area (Å²) < 4.78 is 3.75. The maximum Gasteiger partial charge on any atom is 0.270 e. The van der Waals surface area contributed by atoms with Crippen LogP contribution in [0.15, 0.2) is 71.7 Å². The van der Waals surface area contributed by atoms with Gasteiger partial charge in [-0.3, -0.25) is 19.0 Å². The molecule has 23 heavy (non-hydrogen) atoms. The van der Waals surface area contributed by atoms with Crippen LogP contribution in [0.3, 0.4) is 0 Å². The Labute approximate surface area is 136 Å². The third-order valence-electron chi connectivity index (χ3n) is 3.69. The Morgan fingerprint density at radius 2 is 1.43 bits per heavy atom. The summed E-state index contributed by atoms with van der Waals surface area (Å²) in [5.41, 5.74) is 2.02. The van der Waals surface area contributed by atoms with Crippen LogP contribution in [0.5, 0.6) is 0 Å². The van der Waals surface area contributed by atoms with E-state index in [0.29, 0.717) is 15.8 Å². The van der Waals surface area contributed by atoms with E-state index in [1.54, 1.807) is 0 Å². The number of benzene rings is 2. The van der Waals surface area contributed by atoms with E-state index in [9.17, 15) is 4.79 Å². The first-order valence-electron chi connectivity index (χ1n) is 7.09. The normalized spacial score (nSPS) is 11.0. The molecule has 0 aliphatic heterocycles. The van der Waals surface area contributed by atoms with Crippen LogP contribution >= 0.6 is 12.2 Å². The van der Waals surface area contributed by atoms with Crippen molar-refractivity contribution in [3.63, 3.8) is 0 Å². The number of para-hydroxylation sites is 2. The van der Waals surface area contributed by atoms with Crippen LogP contribution < -0.4 is 5.56 Å². The average molecular weight is 320 g/mol. The van der Waals surface area contributed by atoms with Crippen molar-refractivity contribution < 1.29 is 0 Å². The number of nitrogens with one attached hydrogen (secondary N) is 1. The first-order valence-corrected chi connectivity index (χ1v) is 7.50. The summed E-state index contributed by atoms with van der Waals surface area (Å²) in [5, 5.41) is 7.39. The molecule has 0 bridgehead atoms. The predicted molar refractivity (Wildman–Crippen MR) is 91.9 cm³/mol. The maximum atomic E-state index is 12.8. The minimum atomic E-state index is -0.183. The van der Waals surface area contributed by atoms with Gasteiger partial charge >= 0.3 is 0 Å². The predicted octanol–water partition coefficient (Wildman–Crippen LogP) is 3.23. The van der Waals surface area contributed by atoms with Crippen molar-refractivity contribution in [2.24, 2.45) is 0 Å². The lowest BCUT2D eigenvalue weighted by Crippen LogP contribution is -2.23. The van der Waals surface area contributed by atoms with Gasteiger partial charge in [-0.05, 0) is 36.5 Å². The van der Waals surface area contributed by atoms with Gasteiger partial charge in [0.15, 0.2) is 4.77 Å². The van der Waals surface area contributed by atoms with E-state index in [1.165, 1.54) is 10.8 Å². The highest BCUT2D eigenvalue weighted by Gasteiger charge is 2.14.